The fraction of sp³-hybridized carbons (Fsp3) is 0.929. The third-order valence-electron chi connectivity index (χ3n) is 3.48. The standard InChI is InChI=1S/C14H29N3O.HI/c1-3-5-8-11-16-13(15-4-2)17-12-14(18)9-6-7-10-14;/h18H,3-12H2,1-2H3,(H2,15,16,17);1H. The number of aliphatic imine (C=N–C) groups is 1. The molecular formula is C14H30IN3O. The molecule has 19 heavy (non-hydrogen) atoms. The van der Waals surface area contributed by atoms with Crippen LogP contribution in [0.4, 0.5) is 0 Å². The van der Waals surface area contributed by atoms with Crippen LogP contribution in [0.3, 0.4) is 0 Å². The topological polar surface area (TPSA) is 56.7 Å². The number of nitrogens with zero attached hydrogens (tertiary/aromatic N) is 1. The first-order chi connectivity index (χ1) is 8.70. The Balaban J connectivity index is 0.00000324. The molecule has 1 rings (SSSR count). The van der Waals surface area contributed by atoms with Crippen LogP contribution >= 0.6 is 24.0 Å². The minimum Gasteiger partial charge on any atom is -0.388 e. The second-order valence-corrected chi connectivity index (χ2v) is 5.26. The summed E-state index contributed by atoms with van der Waals surface area (Å²) < 4.78 is 0. The van der Waals surface area contributed by atoms with Gasteiger partial charge in [0.1, 0.15) is 0 Å². The van der Waals surface area contributed by atoms with Crippen LogP contribution in [0.5, 0.6) is 0 Å². The van der Waals surface area contributed by atoms with Crippen LogP contribution in [0.1, 0.15) is 58.8 Å². The van der Waals surface area contributed by atoms with Crippen molar-refractivity contribution in [2.45, 2.75) is 64.4 Å². The lowest BCUT2D eigenvalue weighted by Gasteiger charge is -2.20. The maximum absolute atomic E-state index is 10.3. The minimum atomic E-state index is -0.550. The van der Waals surface area contributed by atoms with E-state index < -0.39 is 5.60 Å². The molecule has 4 nitrogen and oxygen atoms in total. The van der Waals surface area contributed by atoms with Crippen molar-refractivity contribution >= 4 is 29.9 Å². The van der Waals surface area contributed by atoms with Gasteiger partial charge in [-0.25, -0.2) is 0 Å². The molecule has 0 amide bonds. The van der Waals surface area contributed by atoms with Gasteiger partial charge < -0.3 is 15.7 Å². The molecule has 0 heterocycles. The van der Waals surface area contributed by atoms with Crippen LogP contribution in [0.15, 0.2) is 4.99 Å². The van der Waals surface area contributed by atoms with Crippen LogP contribution in [0.2, 0.25) is 0 Å². The molecule has 114 valence electrons. The fourth-order valence-corrected chi connectivity index (χ4v) is 2.34. The van der Waals surface area contributed by atoms with E-state index in [1.54, 1.807) is 0 Å². The SMILES string of the molecule is CCCCCNC(=NCC1(O)CCCC1)NCC.I. The number of unbranched alkanes of at least 4 members (excludes halogenated alkanes) is 2. The number of guanidine groups is 1. The highest BCUT2D eigenvalue weighted by Gasteiger charge is 2.30. The van der Waals surface area contributed by atoms with E-state index in [9.17, 15) is 5.11 Å². The highest BCUT2D eigenvalue weighted by Crippen LogP contribution is 2.29. The van der Waals surface area contributed by atoms with Gasteiger partial charge in [-0.3, -0.25) is 4.99 Å². The molecule has 1 saturated carbocycles. The fourth-order valence-electron chi connectivity index (χ4n) is 2.34. The maximum atomic E-state index is 10.3. The Bertz CT molecular complexity index is 253. The van der Waals surface area contributed by atoms with E-state index in [-0.39, 0.29) is 24.0 Å². The number of rotatable bonds is 7. The molecule has 0 saturated heterocycles. The first-order valence-corrected chi connectivity index (χ1v) is 7.45. The highest BCUT2D eigenvalue weighted by molar-refractivity contribution is 14.0. The van der Waals surface area contributed by atoms with Crippen molar-refractivity contribution in [3.8, 4) is 0 Å². The van der Waals surface area contributed by atoms with Gasteiger partial charge in [0.2, 0.25) is 0 Å². The van der Waals surface area contributed by atoms with Crippen molar-refractivity contribution in [3.05, 3.63) is 0 Å². The van der Waals surface area contributed by atoms with Gasteiger partial charge in [-0.05, 0) is 26.2 Å². The molecular weight excluding hydrogens is 353 g/mol. The van der Waals surface area contributed by atoms with Crippen LogP contribution < -0.4 is 10.6 Å². The molecule has 0 bridgehead atoms. The Labute approximate surface area is 134 Å². The average Bonchev–Trinajstić information content (AvgIpc) is 2.79. The molecule has 0 aromatic heterocycles. The van der Waals surface area contributed by atoms with E-state index in [2.05, 4.69) is 29.5 Å². The van der Waals surface area contributed by atoms with Crippen molar-refractivity contribution in [2.75, 3.05) is 19.6 Å². The van der Waals surface area contributed by atoms with Gasteiger partial charge >= 0.3 is 0 Å². The zero-order valence-electron chi connectivity index (χ0n) is 12.4. The number of hydrogen-bond donors (Lipinski definition) is 3. The van der Waals surface area contributed by atoms with Crippen LogP contribution in [0, 0.1) is 0 Å². The minimum absolute atomic E-state index is 0. The Kier molecular flexibility index (Phi) is 10.7. The predicted octanol–water partition coefficient (Wildman–Crippen LogP) is 2.65. The highest BCUT2D eigenvalue weighted by atomic mass is 127. The van der Waals surface area contributed by atoms with Gasteiger partial charge in [0.15, 0.2) is 5.96 Å². The van der Waals surface area contributed by atoms with Gasteiger partial charge in [-0.15, -0.1) is 24.0 Å². The Morgan fingerprint density at radius 2 is 1.84 bits per heavy atom. The first-order valence-electron chi connectivity index (χ1n) is 7.45. The second-order valence-electron chi connectivity index (χ2n) is 5.26. The Morgan fingerprint density at radius 3 is 2.42 bits per heavy atom. The van der Waals surface area contributed by atoms with E-state index in [0.717, 1.165) is 44.7 Å². The monoisotopic (exact) mass is 383 g/mol. The van der Waals surface area contributed by atoms with Crippen LogP contribution in [0.25, 0.3) is 0 Å². The quantitative estimate of drug-likeness (QED) is 0.274. The smallest absolute Gasteiger partial charge is 0.191 e. The van der Waals surface area contributed by atoms with Crippen molar-refractivity contribution in [3.63, 3.8) is 0 Å². The van der Waals surface area contributed by atoms with Gasteiger partial charge in [0.25, 0.3) is 0 Å². The lowest BCUT2D eigenvalue weighted by Crippen LogP contribution is -2.39. The zero-order chi connectivity index (χ0) is 13.3. The summed E-state index contributed by atoms with van der Waals surface area (Å²) in [7, 11) is 0. The summed E-state index contributed by atoms with van der Waals surface area (Å²) in [4.78, 5) is 4.51. The maximum Gasteiger partial charge on any atom is 0.191 e. The largest absolute Gasteiger partial charge is 0.388 e. The van der Waals surface area contributed by atoms with Gasteiger partial charge in [0.05, 0.1) is 12.1 Å². The van der Waals surface area contributed by atoms with Crippen LogP contribution in [-0.2, 0) is 0 Å². The molecule has 1 aliphatic carbocycles. The van der Waals surface area contributed by atoms with Crippen molar-refractivity contribution < 1.29 is 5.11 Å². The van der Waals surface area contributed by atoms with E-state index in [1.807, 2.05) is 0 Å². The third kappa shape index (κ3) is 7.97. The third-order valence-corrected chi connectivity index (χ3v) is 3.48. The average molecular weight is 383 g/mol. The van der Waals surface area contributed by atoms with Crippen molar-refractivity contribution in [2.24, 2.45) is 4.99 Å². The molecule has 1 aliphatic rings. The summed E-state index contributed by atoms with van der Waals surface area (Å²) in [5.74, 6) is 0.842. The molecule has 0 radical (unpaired) electrons. The van der Waals surface area contributed by atoms with Gasteiger partial charge in [-0.1, -0.05) is 32.6 Å². The number of aliphatic hydroxyl groups is 1. The Hall–Kier alpha value is -0.0400. The molecule has 0 aromatic rings. The molecule has 5 heteroatoms. The molecule has 0 aliphatic heterocycles. The van der Waals surface area contributed by atoms with E-state index in [4.69, 9.17) is 0 Å². The summed E-state index contributed by atoms with van der Waals surface area (Å²) in [6.07, 6.45) is 7.70. The van der Waals surface area contributed by atoms with Crippen LogP contribution in [-0.4, -0.2) is 36.3 Å². The normalized spacial score (nSPS) is 17.9. The Morgan fingerprint density at radius 1 is 1.16 bits per heavy atom. The lowest BCUT2D eigenvalue weighted by molar-refractivity contribution is 0.0574. The lowest BCUT2D eigenvalue weighted by atomic mass is 10.0. The molecule has 1 fully saturated rings. The van der Waals surface area contributed by atoms with Gasteiger partial charge in [0, 0.05) is 13.1 Å². The van der Waals surface area contributed by atoms with Crippen molar-refractivity contribution in [1.82, 2.24) is 10.6 Å². The van der Waals surface area contributed by atoms with Gasteiger partial charge in [-0.2, -0.15) is 0 Å². The molecule has 0 aromatic carbocycles. The zero-order valence-corrected chi connectivity index (χ0v) is 14.7. The van der Waals surface area contributed by atoms with E-state index in [1.165, 1.54) is 19.3 Å². The summed E-state index contributed by atoms with van der Waals surface area (Å²) in [6, 6.07) is 0. The summed E-state index contributed by atoms with van der Waals surface area (Å²) >= 11 is 0. The van der Waals surface area contributed by atoms with E-state index in [0.29, 0.717) is 6.54 Å². The molecule has 0 atom stereocenters. The molecule has 3 N–H and O–H groups in total. The van der Waals surface area contributed by atoms with Crippen molar-refractivity contribution in [1.29, 1.82) is 0 Å². The number of hydrogen-bond acceptors (Lipinski definition) is 2. The number of nitrogens with one attached hydrogen (secondary N) is 2. The molecule has 0 spiro atoms. The summed E-state index contributed by atoms with van der Waals surface area (Å²) in [5, 5.41) is 16.8. The second kappa shape index (κ2) is 10.7. The first kappa shape index (κ1) is 19.0. The summed E-state index contributed by atoms with van der Waals surface area (Å²) in [5.41, 5.74) is -0.550. The van der Waals surface area contributed by atoms with E-state index >= 15 is 0 Å². The predicted molar refractivity (Wildman–Crippen MR) is 92.3 cm³/mol. The number of halogens is 1. The molecule has 0 unspecified atom stereocenters. The summed E-state index contributed by atoms with van der Waals surface area (Å²) in [6.45, 7) is 6.61.